The summed E-state index contributed by atoms with van der Waals surface area (Å²) in [6.07, 6.45) is 5.26. The molecule has 1 saturated heterocycles. The van der Waals surface area contributed by atoms with Gasteiger partial charge in [-0.1, -0.05) is 27.7 Å². The lowest BCUT2D eigenvalue weighted by molar-refractivity contribution is -0.270. The SMILES string of the molecule is CCC1(CC)CC(NC(C)=O)CC(CC)(CC)N1O.O=S(=O)(O)O. The third kappa shape index (κ3) is 6.29. The van der Waals surface area contributed by atoms with Crippen LogP contribution >= 0.6 is 0 Å². The molecule has 1 rings (SSSR count). The predicted octanol–water partition coefficient (Wildman–Crippen LogP) is 2.44. The fourth-order valence-electron chi connectivity index (χ4n) is 3.73. The summed E-state index contributed by atoms with van der Waals surface area (Å²) in [4.78, 5) is 11.4. The zero-order valence-corrected chi connectivity index (χ0v) is 16.1. The highest BCUT2D eigenvalue weighted by atomic mass is 32.3. The number of hydrogen-bond donors (Lipinski definition) is 4. The molecule has 0 saturated carbocycles. The van der Waals surface area contributed by atoms with E-state index in [-0.39, 0.29) is 23.0 Å². The Kier molecular flexibility index (Phi) is 8.81. The van der Waals surface area contributed by atoms with Gasteiger partial charge in [0.2, 0.25) is 5.91 Å². The lowest BCUT2D eigenvalue weighted by Gasteiger charge is -2.56. The van der Waals surface area contributed by atoms with Crippen LogP contribution in [0.3, 0.4) is 0 Å². The van der Waals surface area contributed by atoms with E-state index in [1.807, 2.05) is 0 Å². The maximum absolute atomic E-state index is 11.4. The zero-order chi connectivity index (χ0) is 19.2. The Bertz CT molecular complexity index is 470. The van der Waals surface area contributed by atoms with Crippen LogP contribution in [-0.4, -0.2) is 50.8 Å². The first-order valence-electron chi connectivity index (χ1n) is 8.35. The van der Waals surface area contributed by atoms with Crippen LogP contribution in [0.15, 0.2) is 0 Å². The van der Waals surface area contributed by atoms with E-state index < -0.39 is 10.4 Å². The van der Waals surface area contributed by atoms with Gasteiger partial charge in [0.15, 0.2) is 0 Å². The zero-order valence-electron chi connectivity index (χ0n) is 15.2. The molecule has 0 aromatic rings. The Balaban J connectivity index is 0.000000922. The minimum absolute atomic E-state index is 0.0265. The Morgan fingerprint density at radius 3 is 1.54 bits per heavy atom. The molecular weight excluding hydrogens is 336 g/mol. The van der Waals surface area contributed by atoms with Crippen molar-refractivity contribution in [3.63, 3.8) is 0 Å². The van der Waals surface area contributed by atoms with Crippen molar-refractivity contribution in [3.05, 3.63) is 0 Å². The highest BCUT2D eigenvalue weighted by molar-refractivity contribution is 7.79. The average Bonchev–Trinajstić information content (AvgIpc) is 2.47. The number of hydrogen-bond acceptors (Lipinski definition) is 5. The molecule has 0 aromatic carbocycles. The van der Waals surface area contributed by atoms with Gasteiger partial charge in [0.1, 0.15) is 0 Å². The van der Waals surface area contributed by atoms with E-state index in [0.717, 1.165) is 38.5 Å². The lowest BCUT2D eigenvalue weighted by atomic mass is 9.71. The molecule has 1 amide bonds. The van der Waals surface area contributed by atoms with Crippen molar-refractivity contribution in [2.75, 3.05) is 0 Å². The maximum atomic E-state index is 11.4. The second-order valence-electron chi connectivity index (χ2n) is 6.43. The summed E-state index contributed by atoms with van der Waals surface area (Å²) >= 11 is 0. The van der Waals surface area contributed by atoms with Crippen LogP contribution in [0.25, 0.3) is 0 Å². The largest absolute Gasteiger partial charge is 0.394 e. The number of carbonyl (C=O) groups is 1. The Morgan fingerprint density at radius 1 is 1.04 bits per heavy atom. The number of nitrogens with zero attached hydrogens (tertiary/aromatic N) is 1. The summed E-state index contributed by atoms with van der Waals surface area (Å²) in [5.41, 5.74) is -0.422. The molecule has 9 heteroatoms. The van der Waals surface area contributed by atoms with Crippen LogP contribution in [-0.2, 0) is 15.2 Å². The summed E-state index contributed by atoms with van der Waals surface area (Å²) < 4.78 is 31.6. The number of piperidine rings is 1. The van der Waals surface area contributed by atoms with Crippen molar-refractivity contribution >= 4 is 16.3 Å². The van der Waals surface area contributed by atoms with Gasteiger partial charge in [-0.2, -0.15) is 13.5 Å². The molecule has 0 bridgehead atoms. The predicted molar refractivity (Wildman–Crippen MR) is 91.3 cm³/mol. The maximum Gasteiger partial charge on any atom is 0.394 e. The highest BCUT2D eigenvalue weighted by Gasteiger charge is 2.51. The van der Waals surface area contributed by atoms with Crippen molar-refractivity contribution in [3.8, 4) is 0 Å². The smallest absolute Gasteiger partial charge is 0.353 e. The summed E-state index contributed by atoms with van der Waals surface area (Å²) in [7, 11) is -4.67. The van der Waals surface area contributed by atoms with Crippen LogP contribution in [0.2, 0.25) is 0 Å². The second-order valence-corrected chi connectivity index (χ2v) is 7.32. The summed E-state index contributed by atoms with van der Waals surface area (Å²) in [5, 5.41) is 15.5. The summed E-state index contributed by atoms with van der Waals surface area (Å²) in [6, 6.07) is 0.167. The van der Waals surface area contributed by atoms with Gasteiger partial charge in [-0.25, -0.2) is 0 Å². The van der Waals surface area contributed by atoms with Crippen LogP contribution in [0, 0.1) is 0 Å². The number of rotatable bonds is 5. The molecule has 4 N–H and O–H groups in total. The first-order valence-corrected chi connectivity index (χ1v) is 9.75. The Hall–Kier alpha value is -0.740. The van der Waals surface area contributed by atoms with Crippen LogP contribution in [0.4, 0.5) is 0 Å². The number of hydroxylamine groups is 2. The Morgan fingerprint density at radius 2 is 1.33 bits per heavy atom. The number of amides is 1. The molecule has 144 valence electrons. The monoisotopic (exact) mass is 368 g/mol. The molecule has 0 aromatic heterocycles. The fourth-order valence-corrected chi connectivity index (χ4v) is 3.73. The molecule has 1 aliphatic heterocycles. The van der Waals surface area contributed by atoms with Crippen molar-refractivity contribution in [2.45, 2.75) is 90.3 Å². The third-order valence-corrected chi connectivity index (χ3v) is 5.19. The van der Waals surface area contributed by atoms with E-state index in [4.69, 9.17) is 17.5 Å². The molecule has 24 heavy (non-hydrogen) atoms. The van der Waals surface area contributed by atoms with Crippen LogP contribution in [0.1, 0.15) is 73.1 Å². The molecule has 1 aliphatic rings. The summed E-state index contributed by atoms with van der Waals surface area (Å²) in [5.74, 6) is 0.0265. The first kappa shape index (κ1) is 23.3. The highest BCUT2D eigenvalue weighted by Crippen LogP contribution is 2.44. The molecule has 1 fully saturated rings. The van der Waals surface area contributed by atoms with Crippen molar-refractivity contribution in [1.82, 2.24) is 10.4 Å². The minimum atomic E-state index is -4.67. The normalized spacial score (nSPS) is 20.8. The second kappa shape index (κ2) is 9.10. The quantitative estimate of drug-likeness (QED) is 0.549. The van der Waals surface area contributed by atoms with Gasteiger partial charge in [0, 0.05) is 24.0 Å². The molecule has 1 heterocycles. The minimum Gasteiger partial charge on any atom is -0.353 e. The third-order valence-electron chi connectivity index (χ3n) is 5.19. The molecule has 0 spiro atoms. The van der Waals surface area contributed by atoms with Gasteiger partial charge < -0.3 is 10.5 Å². The standard InChI is InChI=1S/C15H30N2O2.H2O4S/c1-6-14(7-2)10-13(16-12(5)18)11-15(8-3,9-4)17(14)19;1-5(2,3)4/h13,19H,6-11H2,1-5H3,(H,16,18);(H2,1,2,3,4). The number of nitrogens with one attached hydrogen (secondary N) is 1. The van der Waals surface area contributed by atoms with E-state index in [0.29, 0.717) is 0 Å². The molecule has 8 nitrogen and oxygen atoms in total. The molecule has 0 unspecified atom stereocenters. The van der Waals surface area contributed by atoms with E-state index >= 15 is 0 Å². The van der Waals surface area contributed by atoms with E-state index in [9.17, 15) is 10.0 Å². The fraction of sp³-hybridized carbons (Fsp3) is 0.933. The van der Waals surface area contributed by atoms with Gasteiger partial charge >= 0.3 is 10.4 Å². The molecular formula is C15H32N2O6S. The molecule has 0 aliphatic carbocycles. The van der Waals surface area contributed by atoms with Crippen molar-refractivity contribution < 1.29 is 27.5 Å². The molecule has 0 atom stereocenters. The van der Waals surface area contributed by atoms with Crippen molar-refractivity contribution in [2.24, 2.45) is 0 Å². The first-order chi connectivity index (χ1) is 10.9. The molecule has 0 radical (unpaired) electrons. The van der Waals surface area contributed by atoms with Gasteiger partial charge in [-0.15, -0.1) is 0 Å². The van der Waals surface area contributed by atoms with Gasteiger partial charge in [-0.3, -0.25) is 13.9 Å². The topological polar surface area (TPSA) is 127 Å². The van der Waals surface area contributed by atoms with Gasteiger partial charge in [-0.05, 0) is 38.5 Å². The van der Waals surface area contributed by atoms with Crippen molar-refractivity contribution in [1.29, 1.82) is 0 Å². The summed E-state index contributed by atoms with van der Waals surface area (Å²) in [6.45, 7) is 10.1. The van der Waals surface area contributed by atoms with Crippen LogP contribution < -0.4 is 5.32 Å². The van der Waals surface area contributed by atoms with E-state index in [2.05, 4.69) is 33.0 Å². The van der Waals surface area contributed by atoms with E-state index in [1.54, 1.807) is 12.0 Å². The van der Waals surface area contributed by atoms with Gasteiger partial charge in [0.05, 0.1) is 0 Å². The van der Waals surface area contributed by atoms with Gasteiger partial charge in [0.25, 0.3) is 0 Å². The lowest BCUT2D eigenvalue weighted by Crippen LogP contribution is -2.66. The Labute approximate surface area is 145 Å². The van der Waals surface area contributed by atoms with E-state index in [1.165, 1.54) is 0 Å². The number of carbonyl (C=O) groups excluding carboxylic acids is 1. The van der Waals surface area contributed by atoms with Crippen LogP contribution in [0.5, 0.6) is 0 Å². The average molecular weight is 368 g/mol.